The highest BCUT2D eigenvalue weighted by Crippen LogP contribution is 2.42. The van der Waals surface area contributed by atoms with Gasteiger partial charge in [0.2, 0.25) is 0 Å². The first-order valence-corrected chi connectivity index (χ1v) is 10.3. The van der Waals surface area contributed by atoms with E-state index in [1.54, 1.807) is 0 Å². The van der Waals surface area contributed by atoms with Crippen LogP contribution in [0.4, 0.5) is 0 Å². The van der Waals surface area contributed by atoms with Gasteiger partial charge < -0.3 is 15.3 Å². The van der Waals surface area contributed by atoms with Crippen LogP contribution in [0.5, 0.6) is 0 Å². The van der Waals surface area contributed by atoms with Crippen molar-refractivity contribution in [2.75, 3.05) is 26.7 Å². The van der Waals surface area contributed by atoms with Crippen LogP contribution in [0.25, 0.3) is 10.8 Å². The Hall–Kier alpha value is -0.840. The molecule has 0 bridgehead atoms. The molecule has 5 heteroatoms. The van der Waals surface area contributed by atoms with Crippen molar-refractivity contribution in [1.29, 1.82) is 0 Å². The number of benzene rings is 2. The van der Waals surface area contributed by atoms with Crippen LogP contribution in [0, 0.1) is 0 Å². The van der Waals surface area contributed by atoms with Crippen molar-refractivity contribution in [3.8, 4) is 0 Å². The van der Waals surface area contributed by atoms with Crippen LogP contribution in [-0.4, -0.2) is 48.3 Å². The summed E-state index contributed by atoms with van der Waals surface area (Å²) >= 11 is 0. The molecule has 1 aliphatic heterocycles. The van der Waals surface area contributed by atoms with Crippen molar-refractivity contribution < 1.29 is 5.11 Å². The van der Waals surface area contributed by atoms with E-state index in [2.05, 4.69) is 59.7 Å². The summed E-state index contributed by atoms with van der Waals surface area (Å²) < 4.78 is 0. The van der Waals surface area contributed by atoms with Crippen LogP contribution in [0.3, 0.4) is 0 Å². The summed E-state index contributed by atoms with van der Waals surface area (Å²) in [6.07, 6.45) is 6.63. The Bertz CT molecular complexity index is 743. The first-order chi connectivity index (χ1) is 12.7. The molecule has 2 fully saturated rings. The van der Waals surface area contributed by atoms with Crippen molar-refractivity contribution >= 4 is 35.6 Å². The lowest BCUT2D eigenvalue weighted by atomic mass is 9.71. The van der Waals surface area contributed by atoms with Gasteiger partial charge in [-0.2, -0.15) is 0 Å². The molecule has 2 aromatic carbocycles. The quantitative estimate of drug-likeness (QED) is 0.726. The van der Waals surface area contributed by atoms with Gasteiger partial charge in [0, 0.05) is 25.0 Å². The topological polar surface area (TPSA) is 35.5 Å². The molecule has 28 heavy (non-hydrogen) atoms. The first kappa shape index (κ1) is 23.4. The molecule has 0 spiro atoms. The largest absolute Gasteiger partial charge is 0.389 e. The number of nitrogens with one attached hydrogen (secondary N) is 1. The van der Waals surface area contributed by atoms with E-state index in [4.69, 9.17) is 0 Å². The molecule has 2 atom stereocenters. The maximum Gasteiger partial charge on any atom is 0.0728 e. The predicted molar refractivity (Wildman–Crippen MR) is 123 cm³/mol. The van der Waals surface area contributed by atoms with Crippen molar-refractivity contribution in [1.82, 2.24) is 10.2 Å². The summed E-state index contributed by atoms with van der Waals surface area (Å²) in [4.78, 5) is 2.56. The van der Waals surface area contributed by atoms with Crippen molar-refractivity contribution in [3.05, 3.63) is 48.0 Å². The monoisotopic (exact) mass is 424 g/mol. The van der Waals surface area contributed by atoms with Gasteiger partial charge in [0.25, 0.3) is 0 Å². The van der Waals surface area contributed by atoms with Crippen LogP contribution in [0.15, 0.2) is 42.5 Å². The molecule has 0 radical (unpaired) electrons. The highest BCUT2D eigenvalue weighted by atomic mass is 35.5. The summed E-state index contributed by atoms with van der Waals surface area (Å²) in [5, 5.41) is 17.7. The highest BCUT2D eigenvalue weighted by molar-refractivity contribution is 5.86. The predicted octanol–water partition coefficient (Wildman–Crippen LogP) is 4.76. The fourth-order valence-corrected chi connectivity index (χ4v) is 5.12. The lowest BCUT2D eigenvalue weighted by Crippen LogP contribution is -2.44. The van der Waals surface area contributed by atoms with Gasteiger partial charge in [-0.05, 0) is 49.2 Å². The Morgan fingerprint density at radius 1 is 1.07 bits per heavy atom. The Morgan fingerprint density at radius 2 is 1.79 bits per heavy atom. The van der Waals surface area contributed by atoms with E-state index in [-0.39, 0.29) is 30.7 Å². The van der Waals surface area contributed by atoms with Gasteiger partial charge in [-0.1, -0.05) is 61.7 Å². The average molecular weight is 425 g/mol. The molecule has 1 saturated carbocycles. The highest BCUT2D eigenvalue weighted by Gasteiger charge is 2.40. The molecular formula is C23H34Cl2N2O. The third-order valence-corrected chi connectivity index (χ3v) is 6.69. The second-order valence-electron chi connectivity index (χ2n) is 8.32. The zero-order valence-electron chi connectivity index (χ0n) is 16.8. The zero-order valence-corrected chi connectivity index (χ0v) is 18.4. The average Bonchev–Trinajstić information content (AvgIpc) is 3.14. The maximum absolute atomic E-state index is 11.7. The van der Waals surface area contributed by atoms with Gasteiger partial charge in [-0.3, -0.25) is 0 Å². The van der Waals surface area contributed by atoms with E-state index in [1.807, 2.05) is 0 Å². The fourth-order valence-electron chi connectivity index (χ4n) is 5.12. The number of rotatable bonds is 5. The zero-order chi connectivity index (χ0) is 18.0. The molecule has 1 unspecified atom stereocenters. The summed E-state index contributed by atoms with van der Waals surface area (Å²) in [7, 11) is 2.06. The Balaban J connectivity index is 0.00000140. The first-order valence-electron chi connectivity index (χ1n) is 10.3. The Labute approximate surface area is 181 Å². The molecule has 2 aromatic rings. The van der Waals surface area contributed by atoms with Crippen LogP contribution >= 0.6 is 24.8 Å². The molecule has 0 aromatic heterocycles. The number of halogens is 2. The van der Waals surface area contributed by atoms with Gasteiger partial charge in [0.15, 0.2) is 0 Å². The molecule has 156 valence electrons. The number of fused-ring (bicyclic) bond motifs is 1. The SMILES string of the molecule is CN[C@@H]1CCN(CC(c2cccc3ccccc23)C2(O)CCCCC2)C1.Cl.Cl. The molecule has 3 nitrogen and oxygen atoms in total. The van der Waals surface area contributed by atoms with E-state index >= 15 is 0 Å². The van der Waals surface area contributed by atoms with Crippen LogP contribution in [0.2, 0.25) is 0 Å². The number of likely N-dealkylation sites (tertiary alicyclic amines) is 1. The molecule has 2 aliphatic rings. The molecule has 1 aliphatic carbocycles. The summed E-state index contributed by atoms with van der Waals surface area (Å²) in [6.45, 7) is 3.18. The number of aliphatic hydroxyl groups is 1. The molecule has 0 amide bonds. The molecule has 2 N–H and O–H groups in total. The lowest BCUT2D eigenvalue weighted by molar-refractivity contribution is -0.0291. The van der Waals surface area contributed by atoms with Crippen LogP contribution < -0.4 is 5.32 Å². The third kappa shape index (κ3) is 4.83. The van der Waals surface area contributed by atoms with Crippen LogP contribution in [-0.2, 0) is 0 Å². The fraction of sp³-hybridized carbons (Fsp3) is 0.565. The summed E-state index contributed by atoms with van der Waals surface area (Å²) in [6, 6.07) is 15.8. The minimum atomic E-state index is -0.569. The molecule has 1 heterocycles. The van der Waals surface area contributed by atoms with Crippen LogP contribution in [0.1, 0.15) is 50.0 Å². The molecule has 1 saturated heterocycles. The number of hydrogen-bond acceptors (Lipinski definition) is 3. The standard InChI is InChI=1S/C23H32N2O.2ClH/c1-24-19-12-15-25(16-19)17-22(23(26)13-5-2-6-14-23)21-11-7-9-18-8-3-4-10-20(18)21;;/h3-4,7-11,19,22,24,26H,2,5-6,12-17H2,1H3;2*1H/t19-,22?;;/m1../s1. The second kappa shape index (κ2) is 10.3. The van der Waals surface area contributed by atoms with E-state index in [9.17, 15) is 5.11 Å². The minimum Gasteiger partial charge on any atom is -0.389 e. The van der Waals surface area contributed by atoms with Crippen molar-refractivity contribution in [2.45, 2.75) is 56.1 Å². The van der Waals surface area contributed by atoms with E-state index in [0.29, 0.717) is 6.04 Å². The Morgan fingerprint density at radius 3 is 2.50 bits per heavy atom. The van der Waals surface area contributed by atoms with Gasteiger partial charge in [-0.15, -0.1) is 24.8 Å². The van der Waals surface area contributed by atoms with Gasteiger partial charge >= 0.3 is 0 Å². The maximum atomic E-state index is 11.7. The van der Waals surface area contributed by atoms with Gasteiger partial charge in [0.1, 0.15) is 0 Å². The number of nitrogens with zero attached hydrogens (tertiary/aromatic N) is 1. The van der Waals surface area contributed by atoms with Gasteiger partial charge in [0.05, 0.1) is 5.60 Å². The summed E-state index contributed by atoms with van der Waals surface area (Å²) in [5.41, 5.74) is 0.764. The lowest BCUT2D eigenvalue weighted by Gasteiger charge is -2.41. The second-order valence-corrected chi connectivity index (χ2v) is 8.32. The summed E-state index contributed by atoms with van der Waals surface area (Å²) in [5.74, 6) is 0.185. The normalized spacial score (nSPS) is 23.0. The molecular weight excluding hydrogens is 391 g/mol. The third-order valence-electron chi connectivity index (χ3n) is 6.69. The van der Waals surface area contributed by atoms with E-state index in [0.717, 1.165) is 45.3 Å². The number of hydrogen-bond donors (Lipinski definition) is 2. The van der Waals surface area contributed by atoms with Gasteiger partial charge in [-0.25, -0.2) is 0 Å². The van der Waals surface area contributed by atoms with E-state index in [1.165, 1.54) is 29.2 Å². The van der Waals surface area contributed by atoms with Crippen molar-refractivity contribution in [2.24, 2.45) is 0 Å². The molecule has 4 rings (SSSR count). The number of likely N-dealkylation sites (N-methyl/N-ethyl adjacent to an activating group) is 1. The minimum absolute atomic E-state index is 0. The Kier molecular flexibility index (Phi) is 8.60. The van der Waals surface area contributed by atoms with Crippen molar-refractivity contribution in [3.63, 3.8) is 0 Å². The van der Waals surface area contributed by atoms with E-state index < -0.39 is 5.60 Å². The smallest absolute Gasteiger partial charge is 0.0728 e.